The second kappa shape index (κ2) is 9.19. The molecule has 1 aromatic carbocycles. The van der Waals surface area contributed by atoms with Gasteiger partial charge in [0.05, 0.1) is 0 Å². The minimum atomic E-state index is -3.77. The molecule has 8 heteroatoms. The molecular weight excluding hydrogens is 497 g/mol. The molecule has 2 N–H and O–H groups in total. The number of hydrogen-bond donors (Lipinski definition) is 2. The van der Waals surface area contributed by atoms with E-state index in [9.17, 15) is 13.2 Å². The molecule has 0 fully saturated rings. The van der Waals surface area contributed by atoms with Gasteiger partial charge in [-0.2, -0.15) is 0 Å². The van der Waals surface area contributed by atoms with E-state index in [1.54, 1.807) is 6.07 Å². The Morgan fingerprint density at radius 3 is 2.41 bits per heavy atom. The molecule has 148 valence electrons. The second-order valence-corrected chi connectivity index (χ2v) is 21.7. The molecule has 0 aliphatic carbocycles. The summed E-state index contributed by atoms with van der Waals surface area (Å²) in [5.41, 5.74) is 0.853. The van der Waals surface area contributed by atoms with Crippen LogP contribution in [0.3, 0.4) is 0 Å². The van der Waals surface area contributed by atoms with Crippen molar-refractivity contribution in [2.24, 2.45) is 0 Å². The molecule has 27 heavy (non-hydrogen) atoms. The van der Waals surface area contributed by atoms with Gasteiger partial charge in [0.2, 0.25) is 0 Å². The van der Waals surface area contributed by atoms with Gasteiger partial charge in [-0.1, -0.05) is 6.07 Å². The van der Waals surface area contributed by atoms with Crippen LogP contribution in [0.2, 0.25) is 0 Å². The average Bonchev–Trinajstić information content (AvgIpc) is 3.01. The van der Waals surface area contributed by atoms with Crippen molar-refractivity contribution in [3.63, 3.8) is 0 Å². The van der Waals surface area contributed by atoms with Gasteiger partial charge in [0.25, 0.3) is 0 Å². The summed E-state index contributed by atoms with van der Waals surface area (Å²) in [6.07, 6.45) is -0.216. The van der Waals surface area contributed by atoms with E-state index in [0.29, 0.717) is 9.30 Å². The zero-order valence-corrected chi connectivity index (χ0v) is 19.2. The van der Waals surface area contributed by atoms with Gasteiger partial charge in [-0.25, -0.2) is 0 Å². The third-order valence-electron chi connectivity index (χ3n) is 3.34. The Kier molecular flexibility index (Phi) is 7.45. The molecule has 1 atom stereocenters. The molecule has 0 radical (unpaired) electrons. The van der Waals surface area contributed by atoms with Crippen molar-refractivity contribution >= 4 is 27.3 Å². The number of nitrogens with one attached hydrogen (secondary N) is 1. The molecule has 2 rings (SSSR count). The SMILES string of the molecule is C[I-](C)(C)C[C@@H](CC(=O)O)NS(=O)(=O)c1ccc(C#Cc2ccccc2)s1. The van der Waals surface area contributed by atoms with Gasteiger partial charge in [0.15, 0.2) is 0 Å². The maximum absolute atomic E-state index is 12.7. The molecular formula is C19H23INO4S2-. The summed E-state index contributed by atoms with van der Waals surface area (Å²) in [5, 5.41) is 9.10. The van der Waals surface area contributed by atoms with Crippen LogP contribution in [-0.2, 0) is 14.8 Å². The van der Waals surface area contributed by atoms with Crippen LogP contribution in [0.25, 0.3) is 0 Å². The van der Waals surface area contributed by atoms with E-state index in [2.05, 4.69) is 31.4 Å². The zero-order chi connectivity index (χ0) is 20.1. The normalized spacial score (nSPS) is 13.4. The van der Waals surface area contributed by atoms with Crippen LogP contribution in [0.5, 0.6) is 0 Å². The molecule has 5 nitrogen and oxygen atoms in total. The summed E-state index contributed by atoms with van der Waals surface area (Å²) in [6, 6.07) is 12.0. The van der Waals surface area contributed by atoms with Crippen molar-refractivity contribution < 1.29 is 36.8 Å². The first-order valence-electron chi connectivity index (χ1n) is 8.01. The van der Waals surface area contributed by atoms with E-state index in [4.69, 9.17) is 5.11 Å². The molecule has 0 saturated carbocycles. The molecule has 0 amide bonds. The molecule has 2 aromatic rings. The number of benzene rings is 1. The van der Waals surface area contributed by atoms with Gasteiger partial charge < -0.3 is 0 Å². The van der Waals surface area contributed by atoms with E-state index in [0.717, 1.165) is 16.9 Å². The zero-order valence-electron chi connectivity index (χ0n) is 15.4. The Hall–Kier alpha value is -1.41. The quantitative estimate of drug-likeness (QED) is 0.288. The standard InChI is InChI=1S/C19H23INO4S2/c1-20(2,3)14-16(13-18(22)23)21-27(24,25)19-12-11-17(26-19)10-9-15-7-5-4-6-8-15/h4-8,11-12,16,21H,13-14H2,1-3H3,(H,22,23)/q-1/t16-/m1/s1. The van der Waals surface area contributed by atoms with Gasteiger partial charge in [0, 0.05) is 0 Å². The predicted molar refractivity (Wildman–Crippen MR) is 106 cm³/mol. The predicted octanol–water partition coefficient (Wildman–Crippen LogP) is -0.681. The number of halogens is 1. The van der Waals surface area contributed by atoms with Crippen LogP contribution in [0.15, 0.2) is 46.7 Å². The summed E-state index contributed by atoms with van der Waals surface area (Å²) >= 11 is -0.987. The van der Waals surface area contributed by atoms with Gasteiger partial charge in [-0.05, 0) is 0 Å². The van der Waals surface area contributed by atoms with E-state index in [1.807, 2.05) is 30.3 Å². The van der Waals surface area contributed by atoms with Crippen molar-refractivity contribution in [2.75, 3.05) is 19.2 Å². The van der Waals surface area contributed by atoms with E-state index in [-0.39, 0.29) is 10.6 Å². The number of aliphatic carboxylic acids is 1. The maximum atomic E-state index is 12.7. The third-order valence-corrected chi connectivity index (χ3v) is 10.1. The molecule has 0 unspecified atom stereocenters. The third kappa shape index (κ3) is 7.62. The van der Waals surface area contributed by atoms with E-state index >= 15 is 0 Å². The van der Waals surface area contributed by atoms with Crippen LogP contribution in [0.4, 0.5) is 0 Å². The fraction of sp³-hybridized carbons (Fsp3) is 0.316. The number of carboxylic acids is 1. The van der Waals surface area contributed by atoms with Crippen LogP contribution in [0, 0.1) is 11.8 Å². The Morgan fingerprint density at radius 1 is 1.15 bits per heavy atom. The van der Waals surface area contributed by atoms with Gasteiger partial charge in [-0.3, -0.25) is 0 Å². The number of alkyl halides is 4. The van der Waals surface area contributed by atoms with Crippen LogP contribution >= 0.6 is 11.3 Å². The van der Waals surface area contributed by atoms with Crippen molar-refractivity contribution in [3.05, 3.63) is 52.9 Å². The number of thiophene rings is 1. The molecule has 1 aromatic heterocycles. The first-order valence-corrected chi connectivity index (χ1v) is 18.3. The van der Waals surface area contributed by atoms with Crippen molar-refractivity contribution in [1.82, 2.24) is 4.72 Å². The molecule has 0 bridgehead atoms. The average molecular weight is 520 g/mol. The first-order chi connectivity index (χ1) is 12.5. The number of rotatable bonds is 7. The summed E-state index contributed by atoms with van der Waals surface area (Å²) in [4.78, 5) is 18.1. The first kappa shape index (κ1) is 21.9. The van der Waals surface area contributed by atoms with Crippen LogP contribution in [0.1, 0.15) is 16.9 Å². The van der Waals surface area contributed by atoms with Crippen molar-refractivity contribution in [1.29, 1.82) is 0 Å². The fourth-order valence-corrected chi connectivity index (χ4v) is 8.79. The number of sulfonamides is 1. The van der Waals surface area contributed by atoms with E-state index < -0.39 is 40.5 Å². The van der Waals surface area contributed by atoms with Gasteiger partial charge in [-0.15, -0.1) is 0 Å². The van der Waals surface area contributed by atoms with Gasteiger partial charge in [0.1, 0.15) is 0 Å². The number of carboxylic acid groups (broad SMARTS) is 1. The van der Waals surface area contributed by atoms with Crippen LogP contribution in [-0.4, -0.2) is 44.8 Å². The topological polar surface area (TPSA) is 83.5 Å². The molecule has 0 aliphatic rings. The van der Waals surface area contributed by atoms with Gasteiger partial charge >= 0.3 is 163 Å². The number of hydrogen-bond acceptors (Lipinski definition) is 4. The molecule has 1 heterocycles. The summed E-state index contributed by atoms with van der Waals surface area (Å²) in [5.74, 6) is 4.96. The molecule has 0 saturated heterocycles. The summed E-state index contributed by atoms with van der Waals surface area (Å²) in [7, 11) is -3.77. The Labute approximate surface area is 168 Å². The number of carbonyl (C=O) groups is 1. The fourth-order valence-electron chi connectivity index (χ4n) is 2.36. The molecule has 0 spiro atoms. The van der Waals surface area contributed by atoms with Crippen LogP contribution < -0.4 is 23.2 Å². The Bertz CT molecular complexity index is 951. The summed E-state index contributed by atoms with van der Waals surface area (Å²) < 4.78 is 28.7. The Morgan fingerprint density at radius 2 is 1.81 bits per heavy atom. The van der Waals surface area contributed by atoms with E-state index in [1.165, 1.54) is 6.07 Å². The van der Waals surface area contributed by atoms with Crippen molar-refractivity contribution in [3.8, 4) is 11.8 Å². The monoisotopic (exact) mass is 520 g/mol. The minimum absolute atomic E-state index is 0.149. The molecule has 0 aliphatic heterocycles. The summed E-state index contributed by atoms with van der Waals surface area (Å²) in [6.45, 7) is 0. The van der Waals surface area contributed by atoms with Crippen molar-refractivity contribution in [2.45, 2.75) is 16.7 Å². The Balaban J connectivity index is 2.17. The second-order valence-electron chi connectivity index (χ2n) is 6.74.